The van der Waals surface area contributed by atoms with Crippen LogP contribution in [-0.2, 0) is 15.3 Å². The monoisotopic (exact) mass is 657 g/mol. The first-order valence-electron chi connectivity index (χ1n) is 15.6. The lowest BCUT2D eigenvalue weighted by Crippen LogP contribution is -2.36. The molecule has 2 aromatic heterocycles. The molecule has 1 aliphatic carbocycles. The molecule has 0 saturated carbocycles. The minimum atomic E-state index is -3.58. The zero-order valence-corrected chi connectivity index (χ0v) is 27.2. The van der Waals surface area contributed by atoms with Gasteiger partial charge in [-0.15, -0.1) is 22.7 Å². The molecular formula is C41H23NO2S3. The molecule has 3 nitrogen and oxygen atoms in total. The quantitative estimate of drug-likeness (QED) is 0.176. The first kappa shape index (κ1) is 26.1. The third kappa shape index (κ3) is 3.13. The molecule has 0 radical (unpaired) electrons. The second kappa shape index (κ2) is 8.87. The summed E-state index contributed by atoms with van der Waals surface area (Å²) in [5.74, 6) is 0. The summed E-state index contributed by atoms with van der Waals surface area (Å²) in [6.07, 6.45) is 0. The van der Waals surface area contributed by atoms with Gasteiger partial charge in [0.15, 0.2) is 0 Å². The Labute approximate surface area is 279 Å². The summed E-state index contributed by atoms with van der Waals surface area (Å²) in [6, 6.07) is 44.5. The van der Waals surface area contributed by atoms with Gasteiger partial charge in [0.1, 0.15) is 0 Å². The molecule has 2 aliphatic heterocycles. The number of fused-ring (bicyclic) bond motifs is 14. The van der Waals surface area contributed by atoms with Gasteiger partial charge in [-0.2, -0.15) is 0 Å². The van der Waals surface area contributed by atoms with E-state index in [0.717, 1.165) is 28.2 Å². The van der Waals surface area contributed by atoms with Crippen LogP contribution in [0.15, 0.2) is 148 Å². The Morgan fingerprint density at radius 1 is 0.489 bits per heavy atom. The zero-order chi connectivity index (χ0) is 31.1. The average Bonchev–Trinajstić information content (AvgIpc) is 3.87. The van der Waals surface area contributed by atoms with Gasteiger partial charge in [0.05, 0.1) is 26.6 Å². The van der Waals surface area contributed by atoms with E-state index < -0.39 is 15.3 Å². The summed E-state index contributed by atoms with van der Waals surface area (Å²) in [6.45, 7) is 0. The molecule has 6 heteroatoms. The van der Waals surface area contributed by atoms with E-state index in [2.05, 4.69) is 107 Å². The van der Waals surface area contributed by atoms with Gasteiger partial charge < -0.3 is 4.90 Å². The highest BCUT2D eigenvalue weighted by Gasteiger charge is 2.53. The van der Waals surface area contributed by atoms with Crippen molar-refractivity contribution >= 4 is 71.1 Å². The van der Waals surface area contributed by atoms with Gasteiger partial charge in [0.2, 0.25) is 9.84 Å². The molecule has 1 spiro atoms. The largest absolute Gasteiger partial charge is 0.310 e. The normalized spacial score (nSPS) is 15.7. The minimum absolute atomic E-state index is 0.370. The molecule has 222 valence electrons. The lowest BCUT2D eigenvalue weighted by Gasteiger charge is -2.45. The first-order chi connectivity index (χ1) is 23.0. The van der Waals surface area contributed by atoms with Gasteiger partial charge in [0.25, 0.3) is 0 Å². The highest BCUT2D eigenvalue weighted by molar-refractivity contribution is 7.92. The van der Waals surface area contributed by atoms with E-state index >= 15 is 0 Å². The lowest BCUT2D eigenvalue weighted by molar-refractivity contribution is 0.598. The van der Waals surface area contributed by atoms with Crippen molar-refractivity contribution < 1.29 is 8.42 Å². The molecule has 0 bridgehead atoms. The van der Waals surface area contributed by atoms with E-state index in [1.807, 2.05) is 40.9 Å². The van der Waals surface area contributed by atoms with Gasteiger partial charge >= 0.3 is 0 Å². The van der Waals surface area contributed by atoms with Crippen molar-refractivity contribution in [1.82, 2.24) is 0 Å². The number of anilines is 3. The van der Waals surface area contributed by atoms with E-state index in [0.29, 0.717) is 9.79 Å². The molecule has 0 fully saturated rings. The number of nitrogens with zero attached hydrogens (tertiary/aromatic N) is 1. The maximum absolute atomic E-state index is 13.6. The van der Waals surface area contributed by atoms with E-state index in [1.165, 1.54) is 53.6 Å². The van der Waals surface area contributed by atoms with Crippen molar-refractivity contribution in [2.45, 2.75) is 15.2 Å². The Morgan fingerprint density at radius 3 is 1.60 bits per heavy atom. The molecule has 0 atom stereocenters. The van der Waals surface area contributed by atoms with Gasteiger partial charge in [-0.3, -0.25) is 0 Å². The maximum Gasteiger partial charge on any atom is 0.207 e. The highest BCUT2D eigenvalue weighted by atomic mass is 32.2. The number of hydrogen-bond acceptors (Lipinski definition) is 5. The molecule has 0 N–H and O–H groups in total. The number of rotatable bonds is 1. The van der Waals surface area contributed by atoms with Crippen molar-refractivity contribution in [1.29, 1.82) is 0 Å². The van der Waals surface area contributed by atoms with E-state index in [4.69, 9.17) is 0 Å². The predicted molar refractivity (Wildman–Crippen MR) is 194 cm³/mol. The molecule has 4 heterocycles. The van der Waals surface area contributed by atoms with E-state index in [9.17, 15) is 8.42 Å². The van der Waals surface area contributed by atoms with Gasteiger partial charge in [-0.1, -0.05) is 66.7 Å². The molecule has 3 aliphatic rings. The van der Waals surface area contributed by atoms with Crippen LogP contribution in [0.4, 0.5) is 17.1 Å². The van der Waals surface area contributed by atoms with Crippen LogP contribution in [0.5, 0.6) is 0 Å². The van der Waals surface area contributed by atoms with Crippen LogP contribution in [0, 0.1) is 0 Å². The summed E-state index contributed by atoms with van der Waals surface area (Å²) in [5, 5.41) is 9.20. The number of benzene rings is 6. The third-order valence-corrected chi connectivity index (χ3v) is 14.2. The molecular weight excluding hydrogens is 635 g/mol. The van der Waals surface area contributed by atoms with Crippen LogP contribution >= 0.6 is 22.7 Å². The van der Waals surface area contributed by atoms with Crippen LogP contribution < -0.4 is 4.90 Å². The Morgan fingerprint density at radius 2 is 1.00 bits per heavy atom. The summed E-state index contributed by atoms with van der Waals surface area (Å²) in [5.41, 5.74) is 9.33. The fourth-order valence-corrected chi connectivity index (χ4v) is 12.2. The molecule has 8 aromatic rings. The van der Waals surface area contributed by atoms with Crippen LogP contribution in [-0.4, -0.2) is 8.42 Å². The van der Waals surface area contributed by atoms with Crippen molar-refractivity contribution in [3.8, 4) is 20.9 Å². The predicted octanol–water partition coefficient (Wildman–Crippen LogP) is 11.1. The molecule has 11 rings (SSSR count). The van der Waals surface area contributed by atoms with Crippen LogP contribution in [0.2, 0.25) is 0 Å². The van der Waals surface area contributed by atoms with Gasteiger partial charge in [0, 0.05) is 26.6 Å². The van der Waals surface area contributed by atoms with Crippen molar-refractivity contribution in [3.63, 3.8) is 0 Å². The highest BCUT2D eigenvalue weighted by Crippen LogP contribution is 2.66. The SMILES string of the molecule is O=S1(=O)c2ccccc2-c2cc(N3c4cc5ccccc5cc4C4(c5cc6ccccc6cc53)c3ccsc3-c3sccc34)ccc21. The Kier molecular flexibility index (Phi) is 4.92. The standard InChI is InChI=1S/C41H23NO2S3/c43-47(44)37-12-6-5-11-29(37)30-23-28(13-14-38(30)47)42-35-21-26-9-3-1-7-24(26)19-33(35)41(31-15-17-45-39(31)40-32(41)16-18-46-40)34-20-25-8-2-4-10-27(25)22-36(34)42/h1-23H. The van der Waals surface area contributed by atoms with Crippen molar-refractivity contribution in [2.24, 2.45) is 0 Å². The number of hydrogen-bond donors (Lipinski definition) is 0. The smallest absolute Gasteiger partial charge is 0.207 e. The third-order valence-electron chi connectivity index (χ3n) is 10.3. The molecule has 0 amide bonds. The van der Waals surface area contributed by atoms with E-state index in [1.54, 1.807) is 18.2 Å². The molecule has 6 aromatic carbocycles. The topological polar surface area (TPSA) is 37.4 Å². The first-order valence-corrected chi connectivity index (χ1v) is 18.8. The van der Waals surface area contributed by atoms with Crippen LogP contribution in [0.1, 0.15) is 22.3 Å². The van der Waals surface area contributed by atoms with Crippen molar-refractivity contribution in [2.75, 3.05) is 4.90 Å². The number of thiophene rings is 2. The van der Waals surface area contributed by atoms with Gasteiger partial charge in [-0.05, 0) is 115 Å². The van der Waals surface area contributed by atoms with Crippen LogP contribution in [0.25, 0.3) is 42.4 Å². The summed E-state index contributed by atoms with van der Waals surface area (Å²) in [7, 11) is -3.58. The molecule has 0 unspecified atom stereocenters. The fourth-order valence-electron chi connectivity index (χ4n) is 8.41. The molecule has 47 heavy (non-hydrogen) atoms. The van der Waals surface area contributed by atoms with E-state index in [-0.39, 0.29) is 0 Å². The summed E-state index contributed by atoms with van der Waals surface area (Å²) >= 11 is 3.65. The maximum atomic E-state index is 13.6. The fraction of sp³-hybridized carbons (Fsp3) is 0.0244. The second-order valence-electron chi connectivity index (χ2n) is 12.5. The Balaban J connectivity index is 1.30. The van der Waals surface area contributed by atoms with Gasteiger partial charge in [-0.25, -0.2) is 8.42 Å². The second-order valence-corrected chi connectivity index (χ2v) is 16.2. The Hall–Kier alpha value is -5.01. The molecule has 0 saturated heterocycles. The minimum Gasteiger partial charge on any atom is -0.310 e. The van der Waals surface area contributed by atoms with Crippen molar-refractivity contribution in [3.05, 3.63) is 160 Å². The summed E-state index contributed by atoms with van der Waals surface area (Å²) < 4.78 is 27.2. The summed E-state index contributed by atoms with van der Waals surface area (Å²) in [4.78, 5) is 5.82. The Bertz CT molecular complexity index is 2660. The average molecular weight is 658 g/mol. The number of sulfone groups is 1. The lowest BCUT2D eigenvalue weighted by atomic mass is 9.64. The zero-order valence-electron chi connectivity index (χ0n) is 24.8. The van der Waals surface area contributed by atoms with Crippen LogP contribution in [0.3, 0.4) is 0 Å².